The summed E-state index contributed by atoms with van der Waals surface area (Å²) in [5.41, 5.74) is 1.56. The van der Waals surface area contributed by atoms with Crippen LogP contribution in [-0.4, -0.2) is 24.7 Å². The largest absolute Gasteiger partial charge is 0.383 e. The second-order valence-corrected chi connectivity index (χ2v) is 5.40. The van der Waals surface area contributed by atoms with Crippen LogP contribution in [0.25, 0.3) is 0 Å². The first-order valence-corrected chi connectivity index (χ1v) is 7.00. The Kier molecular flexibility index (Phi) is 3.88. The lowest BCUT2D eigenvalue weighted by molar-refractivity contribution is 0.218. The first-order chi connectivity index (χ1) is 8.06. The Balaban J connectivity index is 2.40. The van der Waals surface area contributed by atoms with Crippen molar-refractivity contribution in [1.82, 2.24) is 19.6 Å². The molecule has 7 heteroatoms. The van der Waals surface area contributed by atoms with E-state index in [-0.39, 0.29) is 0 Å². The minimum absolute atomic E-state index is 0.703. The highest BCUT2D eigenvalue weighted by atomic mass is 127. The fraction of sp³-hybridized carbons (Fsp3) is 0.400. The van der Waals surface area contributed by atoms with E-state index in [1.54, 1.807) is 17.1 Å². The van der Waals surface area contributed by atoms with E-state index in [1.807, 2.05) is 18.7 Å². The number of aromatic nitrogens is 4. The van der Waals surface area contributed by atoms with Crippen LogP contribution in [0.15, 0.2) is 17.0 Å². The van der Waals surface area contributed by atoms with Gasteiger partial charge in [-0.15, -0.1) is 0 Å². The molecule has 5 nitrogen and oxygen atoms in total. The van der Waals surface area contributed by atoms with Crippen molar-refractivity contribution >= 4 is 38.5 Å². The molecule has 0 aliphatic carbocycles. The van der Waals surface area contributed by atoms with E-state index in [9.17, 15) is 5.11 Å². The van der Waals surface area contributed by atoms with Crippen LogP contribution < -0.4 is 0 Å². The molecule has 0 spiro atoms. The van der Waals surface area contributed by atoms with Gasteiger partial charge in [-0.2, -0.15) is 10.2 Å². The summed E-state index contributed by atoms with van der Waals surface area (Å²) in [6, 6.07) is 0. The van der Waals surface area contributed by atoms with Gasteiger partial charge in [-0.3, -0.25) is 9.36 Å². The van der Waals surface area contributed by atoms with Crippen LogP contribution in [0.4, 0.5) is 0 Å². The zero-order valence-corrected chi connectivity index (χ0v) is 13.2. The van der Waals surface area contributed by atoms with Gasteiger partial charge >= 0.3 is 0 Å². The van der Waals surface area contributed by atoms with Crippen molar-refractivity contribution in [2.75, 3.05) is 0 Å². The maximum atomic E-state index is 10.3. The molecule has 0 saturated carbocycles. The number of aliphatic hydroxyl groups is 1. The third-order valence-corrected chi connectivity index (χ3v) is 4.73. The number of halogens is 2. The minimum atomic E-state index is -0.703. The molecule has 2 heterocycles. The molecule has 17 heavy (non-hydrogen) atoms. The number of hydrogen-bond donors (Lipinski definition) is 1. The monoisotopic (exact) mass is 410 g/mol. The van der Waals surface area contributed by atoms with Crippen LogP contribution in [0.2, 0.25) is 0 Å². The Morgan fingerprint density at radius 1 is 1.41 bits per heavy atom. The molecule has 0 radical (unpaired) electrons. The summed E-state index contributed by atoms with van der Waals surface area (Å²) in [7, 11) is 1.82. The van der Waals surface area contributed by atoms with Crippen molar-refractivity contribution in [3.63, 3.8) is 0 Å². The predicted octanol–water partition coefficient (Wildman–Crippen LogP) is 2.09. The SMILES string of the molecule is CCn1ncc(C(O)c2cnn(C)c2Br)c1I. The quantitative estimate of drug-likeness (QED) is 0.788. The smallest absolute Gasteiger partial charge is 0.112 e. The van der Waals surface area contributed by atoms with Crippen LogP contribution in [0, 0.1) is 3.70 Å². The van der Waals surface area contributed by atoms with Gasteiger partial charge in [0.05, 0.1) is 12.4 Å². The topological polar surface area (TPSA) is 55.9 Å². The van der Waals surface area contributed by atoms with E-state index in [2.05, 4.69) is 48.7 Å². The Bertz CT molecular complexity index is 536. The fourth-order valence-electron chi connectivity index (χ4n) is 1.58. The third-order valence-electron chi connectivity index (χ3n) is 2.58. The fourth-order valence-corrected chi connectivity index (χ4v) is 2.89. The van der Waals surface area contributed by atoms with Crippen molar-refractivity contribution in [3.8, 4) is 0 Å². The summed E-state index contributed by atoms with van der Waals surface area (Å²) < 4.78 is 5.26. The average molecular weight is 411 g/mol. The Labute approximate surface area is 121 Å². The van der Waals surface area contributed by atoms with Gasteiger partial charge < -0.3 is 5.11 Å². The molecule has 0 saturated heterocycles. The van der Waals surface area contributed by atoms with Crippen molar-refractivity contribution in [2.45, 2.75) is 19.6 Å². The maximum absolute atomic E-state index is 10.3. The molecule has 1 unspecified atom stereocenters. The molecule has 0 aliphatic rings. The summed E-state index contributed by atoms with van der Waals surface area (Å²) in [4.78, 5) is 0. The number of nitrogens with zero attached hydrogens (tertiary/aromatic N) is 4. The van der Waals surface area contributed by atoms with Crippen LogP contribution in [0.5, 0.6) is 0 Å². The highest BCUT2D eigenvalue weighted by molar-refractivity contribution is 14.1. The summed E-state index contributed by atoms with van der Waals surface area (Å²) in [5, 5.41) is 18.7. The van der Waals surface area contributed by atoms with Crippen molar-refractivity contribution in [1.29, 1.82) is 0 Å². The van der Waals surface area contributed by atoms with Gasteiger partial charge in [0.2, 0.25) is 0 Å². The zero-order chi connectivity index (χ0) is 12.6. The lowest BCUT2D eigenvalue weighted by atomic mass is 10.1. The number of hydrogen-bond acceptors (Lipinski definition) is 3. The number of rotatable bonds is 3. The standard InChI is InChI=1S/C10H12BrIN4O/c1-3-16-10(12)7(5-14-16)8(17)6-4-13-15(2)9(6)11/h4-5,8,17H,3H2,1-2H3. The Hall–Kier alpha value is -0.410. The molecule has 0 aliphatic heterocycles. The predicted molar refractivity (Wildman–Crippen MR) is 75.6 cm³/mol. The van der Waals surface area contributed by atoms with Crippen molar-refractivity contribution in [3.05, 3.63) is 31.8 Å². The lowest BCUT2D eigenvalue weighted by Crippen LogP contribution is -2.04. The van der Waals surface area contributed by atoms with E-state index >= 15 is 0 Å². The summed E-state index contributed by atoms with van der Waals surface area (Å²) in [6.07, 6.45) is 2.66. The van der Waals surface area contributed by atoms with Gasteiger partial charge in [0.15, 0.2) is 0 Å². The van der Waals surface area contributed by atoms with Crippen LogP contribution in [-0.2, 0) is 13.6 Å². The summed E-state index contributed by atoms with van der Waals surface area (Å²) in [5.74, 6) is 0. The molecule has 2 rings (SSSR count). The molecule has 92 valence electrons. The molecule has 1 atom stereocenters. The molecular formula is C10H12BrIN4O. The van der Waals surface area contributed by atoms with E-state index in [1.165, 1.54) is 0 Å². The van der Waals surface area contributed by atoms with E-state index < -0.39 is 6.10 Å². The second kappa shape index (κ2) is 5.07. The van der Waals surface area contributed by atoms with Crippen LogP contribution >= 0.6 is 38.5 Å². The Morgan fingerprint density at radius 2 is 2.06 bits per heavy atom. The molecule has 1 N–H and O–H groups in total. The van der Waals surface area contributed by atoms with Crippen LogP contribution in [0.1, 0.15) is 24.2 Å². The molecule has 0 fully saturated rings. The first kappa shape index (κ1) is 13.0. The molecule has 0 amide bonds. The molecule has 0 bridgehead atoms. The average Bonchev–Trinajstić information content (AvgIpc) is 2.83. The Morgan fingerprint density at radius 3 is 2.53 bits per heavy atom. The van der Waals surface area contributed by atoms with Gasteiger partial charge in [0.1, 0.15) is 14.4 Å². The van der Waals surface area contributed by atoms with Gasteiger partial charge in [-0.05, 0) is 45.4 Å². The lowest BCUT2D eigenvalue weighted by Gasteiger charge is -2.08. The second-order valence-electron chi connectivity index (χ2n) is 3.62. The minimum Gasteiger partial charge on any atom is -0.383 e. The van der Waals surface area contributed by atoms with Crippen molar-refractivity contribution in [2.24, 2.45) is 7.05 Å². The van der Waals surface area contributed by atoms with E-state index in [4.69, 9.17) is 0 Å². The first-order valence-electron chi connectivity index (χ1n) is 5.13. The summed E-state index contributed by atoms with van der Waals surface area (Å²) in [6.45, 7) is 2.81. The third kappa shape index (κ3) is 2.27. The van der Waals surface area contributed by atoms with Gasteiger partial charge in [0.25, 0.3) is 0 Å². The molecule has 0 aromatic carbocycles. The van der Waals surface area contributed by atoms with Gasteiger partial charge in [-0.1, -0.05) is 0 Å². The molecule has 2 aromatic heterocycles. The van der Waals surface area contributed by atoms with E-state index in [0.717, 1.165) is 26.0 Å². The highest BCUT2D eigenvalue weighted by Gasteiger charge is 2.21. The molecular weight excluding hydrogens is 399 g/mol. The summed E-state index contributed by atoms with van der Waals surface area (Å²) >= 11 is 5.60. The zero-order valence-electron chi connectivity index (χ0n) is 9.43. The van der Waals surface area contributed by atoms with Crippen molar-refractivity contribution < 1.29 is 5.11 Å². The number of aliphatic hydroxyl groups excluding tert-OH is 1. The number of aryl methyl sites for hydroxylation is 2. The van der Waals surface area contributed by atoms with Gasteiger partial charge in [0, 0.05) is 24.7 Å². The normalized spacial score (nSPS) is 13.0. The van der Waals surface area contributed by atoms with Crippen LogP contribution in [0.3, 0.4) is 0 Å². The van der Waals surface area contributed by atoms with Gasteiger partial charge in [-0.25, -0.2) is 0 Å². The molecule has 2 aromatic rings. The van der Waals surface area contributed by atoms with E-state index in [0.29, 0.717) is 0 Å². The maximum Gasteiger partial charge on any atom is 0.112 e. The highest BCUT2D eigenvalue weighted by Crippen LogP contribution is 2.30.